The molecule has 0 aromatic carbocycles. The van der Waals surface area contributed by atoms with Gasteiger partial charge in [0.25, 0.3) is 0 Å². The largest absolute Gasteiger partial charge is 0.480 e. The number of Topliss-reactive ketones (excluding diaryl/α,β-unsaturated/α-hetero) is 2. The number of esters is 2. The van der Waals surface area contributed by atoms with Gasteiger partial charge in [-0.2, -0.15) is 0 Å². The quantitative estimate of drug-likeness (QED) is 0.0726. The number of aromatic nitrogens is 7. The van der Waals surface area contributed by atoms with Gasteiger partial charge in [0, 0.05) is 42.4 Å². The Morgan fingerprint density at radius 2 is 0.816 bits per heavy atom. The molecule has 0 radical (unpaired) electrons. The second kappa shape index (κ2) is 29.0. The Kier molecular flexibility index (Phi) is 22.2. The lowest BCUT2D eigenvalue weighted by molar-refractivity contribution is -0.154. The number of ether oxygens (including phenoxy) is 4. The average Bonchev–Trinajstić information content (AvgIpc) is 0.716. The van der Waals surface area contributed by atoms with Crippen molar-refractivity contribution >= 4 is 75.8 Å². The number of fused-ring (bicyclic) bond motifs is 3. The number of rotatable bonds is 15. The van der Waals surface area contributed by atoms with E-state index in [1.165, 1.54) is 75.4 Å². The van der Waals surface area contributed by atoms with Crippen LogP contribution in [0.4, 0.5) is 19.0 Å². The standard InChI is InChI=1S/C28H36FN5O5S.C22H27FN6O3S.C21H31FN4O3S/c1-26(2,3)39-24(36)14-21-27(4,5)40(37)22(9-8-12-32-40)28(6,34-21)25-18(29)11-10-17(33-25)13-20(35)19-15-31-23(38-7)16-30-19;1-21(2)20(24)29-22(3,17-6-5-9-27-33(17,21)31)19-14(23)8-7-13(28-19)10-16(30)15-11-26-18(32-4)12-25-15;1-19(2,3)29-17(27)12-14-20(4,5)30(28)15(8-7-11-24-30)21(6,26-14)18-13(22)9-10-16(23)25-18/h10-11,15-16,22H,8-9,12-14H2,1-7H3;7-8,11-12,17H,5-6,9-10H2,1-4H3,(H2,24,29);9-10,15H,7-8,11-12H2,1-6H3,(H2,23,25)/t22-,28+,40+;17-,22+,33+;15-,21+,30+/m111/s1. The van der Waals surface area contributed by atoms with Gasteiger partial charge in [-0.15, -0.1) is 0 Å². The van der Waals surface area contributed by atoms with E-state index in [-0.39, 0.29) is 83.3 Å². The number of aliphatic imine (C=N–C) groups is 3. The Balaban J connectivity index is 0.000000182. The third kappa shape index (κ3) is 15.3. The minimum Gasteiger partial charge on any atom is -0.480 e. The molecule has 0 amide bonds. The number of halogens is 3. The van der Waals surface area contributed by atoms with Crippen molar-refractivity contribution < 1.29 is 63.9 Å². The van der Waals surface area contributed by atoms with Gasteiger partial charge in [0.2, 0.25) is 11.8 Å². The maximum atomic E-state index is 15.6. The van der Waals surface area contributed by atoms with Gasteiger partial charge in [-0.05, 0) is 179 Å². The molecule has 5 aromatic rings. The molecular formula is C71H94F3N15O11S3. The van der Waals surface area contributed by atoms with Gasteiger partial charge >= 0.3 is 11.9 Å². The monoisotopic (exact) mass is 1490 g/mol. The molecule has 5 aromatic heterocycles. The van der Waals surface area contributed by atoms with Gasteiger partial charge in [-0.25, -0.2) is 63.8 Å². The Morgan fingerprint density at radius 1 is 0.476 bits per heavy atom. The molecule has 103 heavy (non-hydrogen) atoms. The van der Waals surface area contributed by atoms with Crippen molar-refractivity contribution in [2.24, 2.45) is 33.8 Å². The van der Waals surface area contributed by atoms with Crippen molar-refractivity contribution in [1.29, 1.82) is 0 Å². The third-order valence-corrected chi connectivity index (χ3v) is 30.7. The summed E-state index contributed by atoms with van der Waals surface area (Å²) >= 11 is 0. The SMILES string of the molecule is CC(C)(C)OC(=O)CC1=N[C@](C)(c2nc(N)ccc2F)[C@H]2CCCN=[S@@]2(=O)C1(C)C.COc1cnc(C(=O)Cc2ccc(F)c([C@@]3(C)N=C(CC(=O)OC(C)(C)C)C(C)(C)[S@]4(=O)=NCCC[C@H]34)n2)cn1.COc1cnc(C(=O)Cc2ccc(F)c([C@@]3(C)N=C(N)C(C)(C)[S@]4(=O)=NCCC[C@H]34)n2)cn1. The van der Waals surface area contributed by atoms with E-state index < -0.39 is 116 Å². The van der Waals surface area contributed by atoms with E-state index in [1.807, 2.05) is 0 Å². The van der Waals surface area contributed by atoms with E-state index >= 15 is 8.78 Å². The molecule has 0 aliphatic carbocycles. The van der Waals surface area contributed by atoms with E-state index in [2.05, 4.69) is 53.0 Å². The minimum atomic E-state index is -3.02. The van der Waals surface area contributed by atoms with Gasteiger partial charge in [0.15, 0.2) is 11.6 Å². The van der Waals surface area contributed by atoms with E-state index in [9.17, 15) is 36.2 Å². The van der Waals surface area contributed by atoms with Crippen LogP contribution in [0, 0.1) is 17.5 Å². The fraction of sp³-hybridized carbons (Fsp3) is 0.577. The number of hydrogen-bond acceptors (Lipinski definition) is 26. The molecule has 0 saturated carbocycles. The van der Waals surface area contributed by atoms with Crippen LogP contribution in [-0.4, -0.2) is 163 Å². The number of anilines is 1. The molecule has 0 bridgehead atoms. The average molecular weight is 1490 g/mol. The predicted octanol–water partition coefficient (Wildman–Crippen LogP) is 10.3. The first kappa shape index (κ1) is 78.9. The summed E-state index contributed by atoms with van der Waals surface area (Å²) in [7, 11) is -5.87. The lowest BCUT2D eigenvalue weighted by Gasteiger charge is -2.48. The highest BCUT2D eigenvalue weighted by Gasteiger charge is 2.60. The number of nitrogens with two attached hydrogens (primary N) is 2. The number of nitrogen functional groups attached to an aromatic ring is 1. The molecule has 11 rings (SSSR count). The van der Waals surface area contributed by atoms with Crippen LogP contribution < -0.4 is 20.9 Å². The molecule has 0 saturated heterocycles. The number of ketones is 2. The number of pyridine rings is 3. The van der Waals surface area contributed by atoms with Gasteiger partial charge in [-0.1, -0.05) is 0 Å². The van der Waals surface area contributed by atoms with Gasteiger partial charge in [-0.3, -0.25) is 44.1 Å². The fourth-order valence-electron chi connectivity index (χ4n) is 13.9. The van der Waals surface area contributed by atoms with E-state index in [1.54, 1.807) is 104 Å². The highest BCUT2D eigenvalue weighted by atomic mass is 32.2. The number of hydrogen-bond donors (Lipinski definition) is 2. The van der Waals surface area contributed by atoms with E-state index in [0.717, 1.165) is 12.8 Å². The van der Waals surface area contributed by atoms with Crippen molar-refractivity contribution in [2.45, 2.75) is 226 Å². The van der Waals surface area contributed by atoms with Crippen molar-refractivity contribution in [1.82, 2.24) is 34.9 Å². The molecule has 32 heteroatoms. The number of amidine groups is 1. The highest BCUT2D eigenvalue weighted by Crippen LogP contribution is 2.51. The first-order valence-corrected chi connectivity index (χ1v) is 38.7. The van der Waals surface area contributed by atoms with Crippen LogP contribution >= 0.6 is 0 Å². The van der Waals surface area contributed by atoms with Crippen molar-refractivity contribution in [3.8, 4) is 11.8 Å². The maximum Gasteiger partial charge on any atom is 0.312 e. The molecule has 558 valence electrons. The summed E-state index contributed by atoms with van der Waals surface area (Å²) in [6.07, 6.45) is 8.43. The molecule has 0 fully saturated rings. The Hall–Kier alpha value is -8.26. The zero-order valence-electron chi connectivity index (χ0n) is 61.5. The summed E-state index contributed by atoms with van der Waals surface area (Å²) in [6, 6.07) is 7.98. The van der Waals surface area contributed by atoms with Crippen molar-refractivity contribution in [2.75, 3.05) is 39.6 Å². The van der Waals surface area contributed by atoms with E-state index in [4.69, 9.17) is 40.4 Å². The lowest BCUT2D eigenvalue weighted by atomic mass is 9.87. The Labute approximate surface area is 600 Å². The van der Waals surface area contributed by atoms with Crippen LogP contribution in [0.3, 0.4) is 0 Å². The first-order valence-electron chi connectivity index (χ1n) is 34.0. The van der Waals surface area contributed by atoms with Crippen molar-refractivity contribution in [3.63, 3.8) is 0 Å². The number of nitrogens with zero attached hydrogens (tertiary/aromatic N) is 13. The van der Waals surface area contributed by atoms with E-state index in [0.29, 0.717) is 74.0 Å². The number of carbonyl (C=O) groups is 4. The summed E-state index contributed by atoms with van der Waals surface area (Å²) in [5, 5.41) is -1.74. The first-order chi connectivity index (χ1) is 47.8. The van der Waals surface area contributed by atoms with Crippen LogP contribution in [-0.2, 0) is 77.7 Å². The molecule has 9 atom stereocenters. The summed E-state index contributed by atoms with van der Waals surface area (Å²) < 4.78 is 120. The predicted molar refractivity (Wildman–Crippen MR) is 387 cm³/mol. The molecule has 4 N–H and O–H groups in total. The highest BCUT2D eigenvalue weighted by molar-refractivity contribution is 7.97. The Bertz CT molecular complexity index is 4670. The molecule has 11 heterocycles. The Morgan fingerprint density at radius 3 is 1.16 bits per heavy atom. The van der Waals surface area contributed by atoms with Crippen LogP contribution in [0.2, 0.25) is 0 Å². The van der Waals surface area contributed by atoms with Gasteiger partial charge in [0.05, 0.1) is 119 Å². The van der Waals surface area contributed by atoms with Crippen LogP contribution in [0.5, 0.6) is 11.8 Å². The fourth-order valence-corrected chi connectivity index (χ4v) is 23.8. The van der Waals surface area contributed by atoms with Crippen LogP contribution in [0.25, 0.3) is 0 Å². The molecule has 6 aliphatic heterocycles. The molecule has 26 nitrogen and oxygen atoms in total. The second-order valence-corrected chi connectivity index (χ2v) is 39.1. The second-order valence-electron chi connectivity index (χ2n) is 30.2. The molecular weight excluding hydrogens is 1390 g/mol. The number of carbonyl (C=O) groups excluding carboxylic acids is 4. The molecule has 0 spiro atoms. The smallest absolute Gasteiger partial charge is 0.312 e. The summed E-state index contributed by atoms with van der Waals surface area (Å²) in [6.45, 7) is 27.7. The third-order valence-electron chi connectivity index (χ3n) is 19.6. The minimum absolute atomic E-state index is 0.0156. The molecule has 6 aliphatic rings. The topological polar surface area (TPSA) is 373 Å². The number of methoxy groups -OCH3 is 2. The maximum absolute atomic E-state index is 15.6. The zero-order chi connectivity index (χ0) is 76.1. The van der Waals surface area contributed by atoms with Crippen LogP contribution in [0.15, 0.2) is 89.3 Å². The normalized spacial score (nSPS) is 28.0. The van der Waals surface area contributed by atoms with Crippen LogP contribution in [0.1, 0.15) is 205 Å². The van der Waals surface area contributed by atoms with Gasteiger partial charge < -0.3 is 30.4 Å². The summed E-state index contributed by atoms with van der Waals surface area (Å²) in [4.78, 5) is 94.9. The zero-order valence-corrected chi connectivity index (χ0v) is 64.0. The summed E-state index contributed by atoms with van der Waals surface area (Å²) in [5.74, 6) is -2.62. The lowest BCUT2D eigenvalue weighted by Crippen LogP contribution is -2.60. The van der Waals surface area contributed by atoms with Gasteiger partial charge in [0.1, 0.15) is 90.1 Å². The summed E-state index contributed by atoms with van der Waals surface area (Å²) in [5.41, 5.74) is 8.42. The van der Waals surface area contributed by atoms with Crippen molar-refractivity contribution in [3.05, 3.63) is 118 Å². The molecule has 0 unspecified atom stereocenters.